The molecule has 0 N–H and O–H groups in total. The molecular weight excluding hydrogens is 204 g/mol. The maximum atomic E-state index is 11.6. The fourth-order valence-corrected chi connectivity index (χ4v) is 2.40. The summed E-state index contributed by atoms with van der Waals surface area (Å²) in [4.78, 5) is 22.7. The second kappa shape index (κ2) is 2.94. The summed E-state index contributed by atoms with van der Waals surface area (Å²) in [5.74, 6) is 0.658. The van der Waals surface area contributed by atoms with Crippen LogP contribution in [0.15, 0.2) is 18.2 Å². The highest BCUT2D eigenvalue weighted by Crippen LogP contribution is 2.49. The van der Waals surface area contributed by atoms with E-state index in [0.717, 1.165) is 24.0 Å². The molecule has 3 nitrogen and oxygen atoms in total. The molecular formula is C13H12O3. The lowest BCUT2D eigenvalue weighted by Gasteiger charge is -2.12. The van der Waals surface area contributed by atoms with Crippen LogP contribution in [-0.2, 0) is 21.4 Å². The average Bonchev–Trinajstić information content (AvgIpc) is 2.95. The van der Waals surface area contributed by atoms with Crippen LogP contribution < -0.4 is 4.74 Å². The summed E-state index contributed by atoms with van der Waals surface area (Å²) in [5.41, 5.74) is 1.69. The van der Waals surface area contributed by atoms with Crippen LogP contribution >= 0.6 is 0 Å². The van der Waals surface area contributed by atoms with Crippen LogP contribution in [0, 0.1) is 0 Å². The minimum absolute atomic E-state index is 0.208. The number of rotatable bonds is 2. The van der Waals surface area contributed by atoms with Crippen molar-refractivity contribution >= 4 is 11.8 Å². The highest BCUT2D eigenvalue weighted by atomic mass is 16.5. The van der Waals surface area contributed by atoms with E-state index in [4.69, 9.17) is 4.74 Å². The van der Waals surface area contributed by atoms with Crippen molar-refractivity contribution < 1.29 is 14.3 Å². The van der Waals surface area contributed by atoms with Gasteiger partial charge in [0.2, 0.25) is 0 Å². The van der Waals surface area contributed by atoms with Crippen LogP contribution in [0.5, 0.6) is 5.75 Å². The number of ketones is 1. The zero-order chi connectivity index (χ0) is 11.3. The van der Waals surface area contributed by atoms with Crippen LogP contribution in [0.4, 0.5) is 0 Å². The summed E-state index contributed by atoms with van der Waals surface area (Å²) in [7, 11) is 0. The molecule has 0 amide bonds. The Balaban J connectivity index is 2.03. The Bertz CT molecular complexity index is 498. The quantitative estimate of drug-likeness (QED) is 0.559. The molecule has 1 saturated carbocycles. The topological polar surface area (TPSA) is 43.4 Å². The summed E-state index contributed by atoms with van der Waals surface area (Å²) < 4.78 is 5.03. The number of benzene rings is 1. The Morgan fingerprint density at radius 3 is 2.75 bits per heavy atom. The molecule has 2 aliphatic rings. The fourth-order valence-electron chi connectivity index (χ4n) is 2.40. The molecule has 1 aliphatic carbocycles. The van der Waals surface area contributed by atoms with Gasteiger partial charge < -0.3 is 4.74 Å². The fraction of sp³-hybridized carbons (Fsp3) is 0.385. The number of carbonyl (C=O) groups excluding carboxylic acids is 2. The maximum Gasteiger partial charge on any atom is 0.315 e. The molecule has 0 atom stereocenters. The van der Waals surface area contributed by atoms with Crippen molar-refractivity contribution in [2.75, 3.05) is 0 Å². The molecule has 16 heavy (non-hydrogen) atoms. The Morgan fingerprint density at radius 1 is 1.38 bits per heavy atom. The highest BCUT2D eigenvalue weighted by Gasteiger charge is 2.49. The van der Waals surface area contributed by atoms with E-state index in [1.807, 2.05) is 12.1 Å². The monoisotopic (exact) mass is 216 g/mol. The van der Waals surface area contributed by atoms with E-state index >= 15 is 0 Å². The molecule has 1 aliphatic heterocycles. The van der Waals surface area contributed by atoms with Gasteiger partial charge in [-0.3, -0.25) is 9.59 Å². The first kappa shape index (κ1) is 9.58. The SMILES string of the molecule is CC(=O)C1(c2ccc3c(c2)CC(=O)O3)CC1. The molecule has 0 bridgehead atoms. The first-order chi connectivity index (χ1) is 7.62. The summed E-state index contributed by atoms with van der Waals surface area (Å²) >= 11 is 0. The van der Waals surface area contributed by atoms with Gasteiger partial charge in [0.05, 0.1) is 11.8 Å². The molecule has 82 valence electrons. The lowest BCUT2D eigenvalue weighted by molar-refractivity contribution is -0.131. The van der Waals surface area contributed by atoms with Gasteiger partial charge in [-0.2, -0.15) is 0 Å². The first-order valence-electron chi connectivity index (χ1n) is 5.47. The van der Waals surface area contributed by atoms with Gasteiger partial charge in [-0.1, -0.05) is 12.1 Å². The third kappa shape index (κ3) is 1.21. The van der Waals surface area contributed by atoms with Crippen molar-refractivity contribution in [3.8, 4) is 5.75 Å². The van der Waals surface area contributed by atoms with Crippen LogP contribution in [0.25, 0.3) is 0 Å². The van der Waals surface area contributed by atoms with Crippen molar-refractivity contribution in [3.05, 3.63) is 29.3 Å². The molecule has 3 heteroatoms. The van der Waals surface area contributed by atoms with Gasteiger partial charge >= 0.3 is 5.97 Å². The molecule has 1 aromatic rings. The van der Waals surface area contributed by atoms with E-state index in [2.05, 4.69) is 0 Å². The van der Waals surface area contributed by atoms with Gasteiger partial charge in [0.25, 0.3) is 0 Å². The smallest absolute Gasteiger partial charge is 0.315 e. The molecule has 0 unspecified atom stereocenters. The standard InChI is InChI=1S/C13H12O3/c1-8(14)13(4-5-13)10-2-3-11-9(6-10)7-12(15)16-11/h2-3,6H,4-5,7H2,1H3. The predicted octanol–water partition coefficient (Wildman–Crippen LogP) is 1.77. The lowest BCUT2D eigenvalue weighted by Crippen LogP contribution is -2.16. The van der Waals surface area contributed by atoms with E-state index in [1.165, 1.54) is 0 Å². The summed E-state index contributed by atoms with van der Waals surface area (Å²) in [6.07, 6.45) is 2.18. The van der Waals surface area contributed by atoms with Crippen LogP contribution in [-0.4, -0.2) is 11.8 Å². The Kier molecular flexibility index (Phi) is 1.76. The summed E-state index contributed by atoms with van der Waals surface area (Å²) in [5, 5.41) is 0. The van der Waals surface area contributed by atoms with Gasteiger partial charge in [0.1, 0.15) is 11.5 Å². The van der Waals surface area contributed by atoms with Crippen LogP contribution in [0.2, 0.25) is 0 Å². The largest absolute Gasteiger partial charge is 0.426 e. The number of hydrogen-bond donors (Lipinski definition) is 0. The van der Waals surface area contributed by atoms with Gasteiger partial charge in [-0.25, -0.2) is 0 Å². The van der Waals surface area contributed by atoms with Crippen molar-refractivity contribution in [3.63, 3.8) is 0 Å². The maximum absolute atomic E-state index is 11.6. The van der Waals surface area contributed by atoms with Crippen molar-refractivity contribution in [1.82, 2.24) is 0 Å². The molecule has 1 aromatic carbocycles. The number of fused-ring (bicyclic) bond motifs is 1. The average molecular weight is 216 g/mol. The van der Waals surface area contributed by atoms with Crippen LogP contribution in [0.3, 0.4) is 0 Å². The van der Waals surface area contributed by atoms with E-state index in [-0.39, 0.29) is 17.2 Å². The zero-order valence-corrected chi connectivity index (χ0v) is 9.08. The molecule has 3 rings (SSSR count). The third-order valence-corrected chi connectivity index (χ3v) is 3.60. The van der Waals surface area contributed by atoms with Crippen molar-refractivity contribution in [2.45, 2.75) is 31.6 Å². The molecule has 0 spiro atoms. The molecule has 0 aromatic heterocycles. The zero-order valence-electron chi connectivity index (χ0n) is 9.08. The first-order valence-corrected chi connectivity index (χ1v) is 5.47. The Labute approximate surface area is 93.4 Å². The molecule has 0 radical (unpaired) electrons. The highest BCUT2D eigenvalue weighted by molar-refractivity contribution is 5.91. The van der Waals surface area contributed by atoms with E-state index in [0.29, 0.717) is 12.2 Å². The lowest BCUT2D eigenvalue weighted by atomic mass is 9.90. The number of hydrogen-bond acceptors (Lipinski definition) is 3. The Hall–Kier alpha value is -1.64. The number of carbonyl (C=O) groups is 2. The van der Waals surface area contributed by atoms with Crippen molar-refractivity contribution in [2.24, 2.45) is 0 Å². The van der Waals surface area contributed by atoms with E-state index in [1.54, 1.807) is 13.0 Å². The molecule has 0 saturated heterocycles. The Morgan fingerprint density at radius 2 is 2.12 bits per heavy atom. The van der Waals surface area contributed by atoms with Crippen molar-refractivity contribution in [1.29, 1.82) is 0 Å². The number of esters is 1. The number of Topliss-reactive ketones (excluding diaryl/α,β-unsaturated/α-hetero) is 1. The van der Waals surface area contributed by atoms with Gasteiger partial charge in [0, 0.05) is 5.56 Å². The molecule has 1 heterocycles. The van der Waals surface area contributed by atoms with Crippen LogP contribution in [0.1, 0.15) is 30.9 Å². The second-order valence-corrected chi connectivity index (χ2v) is 4.61. The number of ether oxygens (including phenoxy) is 1. The minimum Gasteiger partial charge on any atom is -0.426 e. The summed E-state index contributed by atoms with van der Waals surface area (Å²) in [6.45, 7) is 1.64. The third-order valence-electron chi connectivity index (χ3n) is 3.60. The molecule has 1 fully saturated rings. The predicted molar refractivity (Wildman–Crippen MR) is 57.4 cm³/mol. The summed E-state index contributed by atoms with van der Waals surface area (Å²) in [6, 6.07) is 5.67. The second-order valence-electron chi connectivity index (χ2n) is 4.61. The minimum atomic E-state index is -0.263. The van der Waals surface area contributed by atoms with Gasteiger partial charge in [-0.05, 0) is 31.4 Å². The normalized spacial score (nSPS) is 20.2. The van der Waals surface area contributed by atoms with E-state index in [9.17, 15) is 9.59 Å². The van der Waals surface area contributed by atoms with Gasteiger partial charge in [0.15, 0.2) is 0 Å². The van der Waals surface area contributed by atoms with E-state index < -0.39 is 0 Å². The van der Waals surface area contributed by atoms with Gasteiger partial charge in [-0.15, -0.1) is 0 Å².